The maximum Gasteiger partial charge on any atom is 0.223 e. The second-order valence-electron chi connectivity index (χ2n) is 1.45. The first-order chi connectivity index (χ1) is 4.81. The van der Waals surface area contributed by atoms with E-state index in [4.69, 9.17) is 0 Å². The van der Waals surface area contributed by atoms with E-state index in [1.807, 2.05) is 32.9 Å². The zero-order chi connectivity index (χ0) is 8.41. The lowest BCUT2D eigenvalue weighted by atomic mass is 10.4. The summed E-state index contributed by atoms with van der Waals surface area (Å²) in [7, 11) is 1.63. The minimum atomic E-state index is 0.0584. The summed E-state index contributed by atoms with van der Waals surface area (Å²) in [6.45, 7) is 5.89. The third kappa shape index (κ3) is 10.2. The molecule has 2 heteroatoms. The van der Waals surface area contributed by atoms with Gasteiger partial charge in [0.05, 0.1) is 0 Å². The van der Waals surface area contributed by atoms with E-state index in [2.05, 4.69) is 5.32 Å². The monoisotopic (exact) mass is 143 g/mol. The Morgan fingerprint density at radius 1 is 1.50 bits per heavy atom. The Bertz CT molecular complexity index is 97.4. The van der Waals surface area contributed by atoms with E-state index in [9.17, 15) is 4.79 Å². The summed E-state index contributed by atoms with van der Waals surface area (Å²) >= 11 is 0. The average molecular weight is 143 g/mol. The van der Waals surface area contributed by atoms with Gasteiger partial charge in [0.15, 0.2) is 0 Å². The van der Waals surface area contributed by atoms with Gasteiger partial charge in [-0.3, -0.25) is 4.79 Å². The van der Waals surface area contributed by atoms with Crippen molar-refractivity contribution < 1.29 is 4.79 Å². The Labute approximate surface area is 63.3 Å². The van der Waals surface area contributed by atoms with Gasteiger partial charge in [-0.2, -0.15) is 0 Å². The highest BCUT2D eigenvalue weighted by Gasteiger charge is 1.88. The summed E-state index contributed by atoms with van der Waals surface area (Å²) in [4.78, 5) is 10.4. The summed E-state index contributed by atoms with van der Waals surface area (Å²) in [6.07, 6.45) is 4.17. The van der Waals surface area contributed by atoms with E-state index >= 15 is 0 Å². The highest BCUT2D eigenvalue weighted by Crippen LogP contribution is 1.79. The number of carbonyl (C=O) groups excluding carboxylic acids is 1. The van der Waals surface area contributed by atoms with E-state index in [0.717, 1.165) is 0 Å². The maximum absolute atomic E-state index is 10.4. The molecule has 0 fully saturated rings. The smallest absolute Gasteiger partial charge is 0.223 e. The quantitative estimate of drug-likeness (QED) is 0.586. The summed E-state index contributed by atoms with van der Waals surface area (Å²) in [5.41, 5.74) is 0. The van der Waals surface area contributed by atoms with Crippen LogP contribution in [-0.4, -0.2) is 13.0 Å². The van der Waals surface area contributed by atoms with Crippen molar-refractivity contribution in [3.8, 4) is 0 Å². The largest absolute Gasteiger partial charge is 0.359 e. The topological polar surface area (TPSA) is 29.1 Å². The Balaban J connectivity index is 0. The predicted octanol–water partition coefficient (Wildman–Crippen LogP) is 1.72. The zero-order valence-electron chi connectivity index (χ0n) is 7.27. The molecule has 0 unspecified atom stereocenters. The fourth-order valence-corrected chi connectivity index (χ4v) is 0.327. The van der Waals surface area contributed by atoms with E-state index in [1.54, 1.807) is 7.05 Å². The number of hydrogen-bond donors (Lipinski definition) is 1. The molecule has 0 spiro atoms. The third-order valence-corrected chi connectivity index (χ3v) is 0.818. The van der Waals surface area contributed by atoms with Crippen molar-refractivity contribution >= 4 is 5.91 Å². The number of nitrogens with one attached hydrogen (secondary N) is 1. The zero-order valence-corrected chi connectivity index (χ0v) is 7.27. The minimum Gasteiger partial charge on any atom is -0.359 e. The van der Waals surface area contributed by atoms with Crippen LogP contribution in [0, 0.1) is 0 Å². The van der Waals surface area contributed by atoms with Gasteiger partial charge in [-0.25, -0.2) is 0 Å². The lowest BCUT2D eigenvalue weighted by Gasteiger charge is -1.89. The van der Waals surface area contributed by atoms with Crippen LogP contribution < -0.4 is 5.32 Å². The molecule has 0 atom stereocenters. The fourth-order valence-electron chi connectivity index (χ4n) is 0.327. The molecule has 0 aliphatic carbocycles. The van der Waals surface area contributed by atoms with Gasteiger partial charge >= 0.3 is 0 Å². The summed E-state index contributed by atoms with van der Waals surface area (Å²) < 4.78 is 0. The van der Waals surface area contributed by atoms with Crippen LogP contribution in [-0.2, 0) is 4.79 Å². The average Bonchev–Trinajstić information content (AvgIpc) is 2.04. The van der Waals surface area contributed by atoms with E-state index in [-0.39, 0.29) is 5.91 Å². The fraction of sp³-hybridized carbons (Fsp3) is 0.625. The lowest BCUT2D eigenvalue weighted by Crippen LogP contribution is -2.15. The lowest BCUT2D eigenvalue weighted by molar-refractivity contribution is -0.119. The molecule has 10 heavy (non-hydrogen) atoms. The molecule has 0 aliphatic rings. The van der Waals surface area contributed by atoms with Crippen LogP contribution in [0.3, 0.4) is 0 Å². The standard InChI is InChI=1S/C6H11NO.C2H6/c1-3-4-5-6(8)7-2;1-2/h3-4H,5H2,1-2H3,(H,7,8);1-2H3/b4-3+;. The number of rotatable bonds is 2. The minimum absolute atomic E-state index is 0.0584. The Kier molecular flexibility index (Phi) is 13.2. The third-order valence-electron chi connectivity index (χ3n) is 0.818. The van der Waals surface area contributed by atoms with Gasteiger partial charge in [0.2, 0.25) is 5.91 Å². The van der Waals surface area contributed by atoms with E-state index in [0.29, 0.717) is 6.42 Å². The summed E-state index contributed by atoms with van der Waals surface area (Å²) in [5.74, 6) is 0.0584. The van der Waals surface area contributed by atoms with Gasteiger partial charge in [0, 0.05) is 13.5 Å². The van der Waals surface area contributed by atoms with Crippen molar-refractivity contribution in [2.45, 2.75) is 27.2 Å². The highest BCUT2D eigenvalue weighted by atomic mass is 16.1. The number of hydrogen-bond acceptors (Lipinski definition) is 1. The molecule has 0 radical (unpaired) electrons. The number of amides is 1. The van der Waals surface area contributed by atoms with Gasteiger partial charge in [-0.15, -0.1) is 0 Å². The molecule has 0 saturated carbocycles. The van der Waals surface area contributed by atoms with Crippen molar-refractivity contribution in [1.82, 2.24) is 5.32 Å². The van der Waals surface area contributed by atoms with Crippen molar-refractivity contribution in [3.05, 3.63) is 12.2 Å². The molecule has 0 aromatic carbocycles. The van der Waals surface area contributed by atoms with Gasteiger partial charge in [0.1, 0.15) is 0 Å². The van der Waals surface area contributed by atoms with Crippen LogP contribution in [0.1, 0.15) is 27.2 Å². The van der Waals surface area contributed by atoms with Crippen molar-refractivity contribution in [1.29, 1.82) is 0 Å². The van der Waals surface area contributed by atoms with Gasteiger partial charge < -0.3 is 5.32 Å². The van der Waals surface area contributed by atoms with Gasteiger partial charge in [0.25, 0.3) is 0 Å². The van der Waals surface area contributed by atoms with Crippen LogP contribution in [0.25, 0.3) is 0 Å². The Hall–Kier alpha value is -0.790. The molecule has 0 saturated heterocycles. The Morgan fingerprint density at radius 2 is 2.00 bits per heavy atom. The SMILES string of the molecule is C/C=C/CC(=O)NC.CC. The number of allylic oxidation sites excluding steroid dienone is 1. The first kappa shape index (κ1) is 11.9. The molecule has 60 valence electrons. The Morgan fingerprint density at radius 3 is 2.30 bits per heavy atom. The van der Waals surface area contributed by atoms with Crippen molar-refractivity contribution in [2.24, 2.45) is 0 Å². The van der Waals surface area contributed by atoms with Crippen LogP contribution in [0.15, 0.2) is 12.2 Å². The molecule has 0 aliphatic heterocycles. The predicted molar refractivity (Wildman–Crippen MR) is 44.8 cm³/mol. The van der Waals surface area contributed by atoms with Crippen LogP contribution in [0.4, 0.5) is 0 Å². The molecule has 0 bridgehead atoms. The highest BCUT2D eigenvalue weighted by molar-refractivity contribution is 5.76. The molecule has 0 aromatic rings. The molecule has 1 amide bonds. The van der Waals surface area contributed by atoms with Crippen LogP contribution in [0.2, 0.25) is 0 Å². The molecule has 1 N–H and O–H groups in total. The molecule has 2 nitrogen and oxygen atoms in total. The van der Waals surface area contributed by atoms with Gasteiger partial charge in [-0.1, -0.05) is 26.0 Å². The van der Waals surface area contributed by atoms with E-state index in [1.165, 1.54) is 0 Å². The van der Waals surface area contributed by atoms with Crippen LogP contribution in [0.5, 0.6) is 0 Å². The van der Waals surface area contributed by atoms with Crippen molar-refractivity contribution in [2.75, 3.05) is 7.05 Å². The first-order valence-electron chi connectivity index (χ1n) is 3.63. The van der Waals surface area contributed by atoms with Crippen molar-refractivity contribution in [3.63, 3.8) is 0 Å². The molecule has 0 heterocycles. The van der Waals surface area contributed by atoms with Crippen LogP contribution >= 0.6 is 0 Å². The molecule has 0 aromatic heterocycles. The maximum atomic E-state index is 10.4. The molecular weight excluding hydrogens is 126 g/mol. The normalized spacial score (nSPS) is 8.40. The second-order valence-corrected chi connectivity index (χ2v) is 1.45. The summed E-state index contributed by atoms with van der Waals surface area (Å²) in [6, 6.07) is 0. The molecule has 0 rings (SSSR count). The first-order valence-corrected chi connectivity index (χ1v) is 3.63. The number of carbonyl (C=O) groups is 1. The summed E-state index contributed by atoms with van der Waals surface area (Å²) in [5, 5.41) is 2.51. The van der Waals surface area contributed by atoms with E-state index < -0.39 is 0 Å². The second kappa shape index (κ2) is 11.1. The molecular formula is C8H17NO. The van der Waals surface area contributed by atoms with Gasteiger partial charge in [-0.05, 0) is 6.92 Å².